The Morgan fingerprint density at radius 2 is 1.89 bits per heavy atom. The van der Waals surface area contributed by atoms with Crippen molar-refractivity contribution in [3.63, 3.8) is 0 Å². The quantitative estimate of drug-likeness (QED) is 0.393. The fourth-order valence-electron chi connectivity index (χ4n) is 6.74. The number of Topliss-reactive ketones (excluding diaryl/α,β-unsaturated/α-hetero) is 1. The van der Waals surface area contributed by atoms with Gasteiger partial charge in [-0.3, -0.25) is 14.2 Å². The molecule has 1 saturated carbocycles. The highest BCUT2D eigenvalue weighted by Crippen LogP contribution is 2.54. The number of aromatic nitrogens is 2. The van der Waals surface area contributed by atoms with Gasteiger partial charge in [0.1, 0.15) is 11.6 Å². The molecule has 1 saturated heterocycles. The number of hydrogen-bond acceptors (Lipinski definition) is 8. The number of alkyl halides is 3. The van der Waals surface area contributed by atoms with Crippen molar-refractivity contribution in [2.75, 3.05) is 29.1 Å². The van der Waals surface area contributed by atoms with E-state index in [0.717, 1.165) is 17.4 Å². The molecule has 3 aromatic rings. The van der Waals surface area contributed by atoms with Crippen molar-refractivity contribution >= 4 is 63.2 Å². The number of halogens is 3. The number of amides is 3. The van der Waals surface area contributed by atoms with Crippen LogP contribution in [0, 0.1) is 5.41 Å². The SMILES string of the molecule is C=CC(=O)N1[C@H](C)CN(c2nc(=O)n3c4c(c(-c5sccc5NC(N)=O)c(C(F)(F)F)cc24)SCC2(CC(=O)C2)C3)C[C@@H]1C. The van der Waals surface area contributed by atoms with Gasteiger partial charge in [0.15, 0.2) is 0 Å². The largest absolute Gasteiger partial charge is 0.417 e. The van der Waals surface area contributed by atoms with Crippen LogP contribution in [0.1, 0.15) is 32.3 Å². The van der Waals surface area contributed by atoms with Crippen LogP contribution in [-0.4, -0.2) is 63.1 Å². The number of nitrogens with two attached hydrogens (primary N) is 1. The number of thioether (sulfide) groups is 1. The third-order valence-electron chi connectivity index (χ3n) is 8.46. The topological polar surface area (TPSA) is 131 Å². The van der Waals surface area contributed by atoms with Crippen LogP contribution in [0.25, 0.3) is 21.3 Å². The molecule has 3 amide bonds. The van der Waals surface area contributed by atoms with Crippen molar-refractivity contribution in [3.05, 3.63) is 46.2 Å². The monoisotopic (exact) mass is 646 g/mol. The molecule has 1 aliphatic carbocycles. The summed E-state index contributed by atoms with van der Waals surface area (Å²) in [4.78, 5) is 58.4. The van der Waals surface area contributed by atoms with Gasteiger partial charge in [0.25, 0.3) is 0 Å². The summed E-state index contributed by atoms with van der Waals surface area (Å²) in [5, 5.41) is 4.13. The van der Waals surface area contributed by atoms with Crippen molar-refractivity contribution in [1.29, 1.82) is 0 Å². The summed E-state index contributed by atoms with van der Waals surface area (Å²) in [6.45, 7) is 7.82. The van der Waals surface area contributed by atoms with Crippen molar-refractivity contribution in [2.45, 2.75) is 56.4 Å². The van der Waals surface area contributed by atoms with E-state index in [1.807, 2.05) is 13.8 Å². The van der Waals surface area contributed by atoms with E-state index < -0.39 is 28.9 Å². The van der Waals surface area contributed by atoms with Gasteiger partial charge in [0.05, 0.1) is 21.6 Å². The van der Waals surface area contributed by atoms with Crippen LogP contribution < -0.4 is 21.6 Å². The summed E-state index contributed by atoms with van der Waals surface area (Å²) in [5.74, 6) is 0.191. The fraction of sp³-hybridized carbons (Fsp3) is 0.414. The Bertz CT molecular complexity index is 1780. The summed E-state index contributed by atoms with van der Waals surface area (Å²) >= 11 is 2.20. The predicted molar refractivity (Wildman–Crippen MR) is 163 cm³/mol. The van der Waals surface area contributed by atoms with Crippen LogP contribution in [0.15, 0.2) is 39.9 Å². The van der Waals surface area contributed by atoms with Crippen LogP contribution in [0.2, 0.25) is 0 Å². The van der Waals surface area contributed by atoms with E-state index in [1.54, 1.807) is 15.2 Å². The zero-order chi connectivity index (χ0) is 31.7. The van der Waals surface area contributed by atoms with E-state index in [9.17, 15) is 19.2 Å². The van der Waals surface area contributed by atoms with Crippen LogP contribution in [0.4, 0.5) is 29.5 Å². The number of nitrogens with zero attached hydrogens (tertiary/aromatic N) is 4. The van der Waals surface area contributed by atoms with E-state index in [2.05, 4.69) is 16.9 Å². The molecule has 4 heterocycles. The maximum absolute atomic E-state index is 15.0. The lowest BCUT2D eigenvalue weighted by Gasteiger charge is -2.44. The van der Waals surface area contributed by atoms with Crippen LogP contribution in [0.3, 0.4) is 0 Å². The molecule has 10 nitrogen and oxygen atoms in total. The first kappa shape index (κ1) is 30.2. The van der Waals surface area contributed by atoms with Gasteiger partial charge in [-0.1, -0.05) is 6.58 Å². The molecule has 3 N–H and O–H groups in total. The Kier molecular flexibility index (Phi) is 7.31. The molecule has 0 radical (unpaired) electrons. The van der Waals surface area contributed by atoms with E-state index in [0.29, 0.717) is 11.3 Å². The summed E-state index contributed by atoms with van der Waals surface area (Å²) in [6, 6.07) is 0.902. The Morgan fingerprint density at radius 1 is 1.20 bits per heavy atom. The number of nitrogens with one attached hydrogen (secondary N) is 1. The third-order valence-corrected chi connectivity index (χ3v) is 10.8. The van der Waals surface area contributed by atoms with Gasteiger partial charge >= 0.3 is 17.9 Å². The molecular weight excluding hydrogens is 617 g/mol. The zero-order valence-electron chi connectivity index (χ0n) is 23.9. The molecule has 0 bridgehead atoms. The Balaban J connectivity index is 1.64. The summed E-state index contributed by atoms with van der Waals surface area (Å²) < 4.78 is 46.5. The standard InChI is InChI=1S/C29H29F3N6O4S2/c1-4-20(40)38-14(2)10-36(11-15(38)3)25-17-7-18(29(30,31)32)21(23-19(5-6-43-23)34-26(33)41)24-22(17)37(27(42)35-25)12-28(13-44-24)8-16(39)9-28/h4-7,14-15H,1,8-13H2,2-3H3,(H3,33,34,41)/t14-,15+. The van der Waals surface area contributed by atoms with Crippen molar-refractivity contribution in [3.8, 4) is 10.4 Å². The third kappa shape index (κ3) is 4.95. The fourth-order valence-corrected chi connectivity index (χ4v) is 9.18. The van der Waals surface area contributed by atoms with Gasteiger partial charge in [-0.25, -0.2) is 9.59 Å². The van der Waals surface area contributed by atoms with Crippen molar-refractivity contribution < 1.29 is 27.6 Å². The van der Waals surface area contributed by atoms with Gasteiger partial charge in [-0.15, -0.1) is 23.1 Å². The molecule has 232 valence electrons. The lowest BCUT2D eigenvalue weighted by molar-refractivity contribution is -0.137. The Morgan fingerprint density at radius 3 is 2.48 bits per heavy atom. The summed E-state index contributed by atoms with van der Waals surface area (Å²) in [5.41, 5.74) is 3.42. The molecule has 0 unspecified atom stereocenters. The molecule has 15 heteroatoms. The van der Waals surface area contributed by atoms with Gasteiger partial charge in [0, 0.05) is 71.6 Å². The van der Waals surface area contributed by atoms with E-state index in [1.165, 1.54) is 28.5 Å². The molecule has 2 aliphatic heterocycles. The first-order valence-corrected chi connectivity index (χ1v) is 15.8. The number of hydrogen-bond donors (Lipinski definition) is 2. The normalized spacial score (nSPS) is 21.2. The zero-order valence-corrected chi connectivity index (χ0v) is 25.5. The molecule has 2 aromatic heterocycles. The molecule has 6 rings (SSSR count). The molecule has 1 spiro atoms. The highest BCUT2D eigenvalue weighted by Gasteiger charge is 2.47. The molecule has 3 aliphatic rings. The molecular formula is C29H29F3N6O4S2. The number of primary amides is 1. The number of rotatable bonds is 4. The number of thiophene rings is 1. The minimum atomic E-state index is -4.82. The van der Waals surface area contributed by atoms with Crippen LogP contribution >= 0.6 is 23.1 Å². The molecule has 1 aromatic carbocycles. The highest BCUT2D eigenvalue weighted by molar-refractivity contribution is 7.99. The second kappa shape index (κ2) is 10.6. The minimum Gasteiger partial charge on any atom is -0.352 e. The second-order valence-electron chi connectivity index (χ2n) is 11.7. The average Bonchev–Trinajstić information content (AvgIpc) is 3.28. The number of ketones is 1. The maximum Gasteiger partial charge on any atom is 0.417 e. The number of carbonyl (C=O) groups is 3. The first-order chi connectivity index (χ1) is 20.7. The highest BCUT2D eigenvalue weighted by atomic mass is 32.2. The van der Waals surface area contributed by atoms with Gasteiger partial charge < -0.3 is 20.9 Å². The van der Waals surface area contributed by atoms with Crippen molar-refractivity contribution in [1.82, 2.24) is 14.5 Å². The summed E-state index contributed by atoms with van der Waals surface area (Å²) in [6.07, 6.45) is -3.17. The minimum absolute atomic E-state index is 0.0303. The van der Waals surface area contributed by atoms with Crippen molar-refractivity contribution in [2.24, 2.45) is 11.1 Å². The first-order valence-electron chi connectivity index (χ1n) is 13.9. The van der Waals surface area contributed by atoms with E-state index in [-0.39, 0.29) is 88.5 Å². The van der Waals surface area contributed by atoms with Gasteiger partial charge in [-0.05, 0) is 37.4 Å². The molecule has 44 heavy (non-hydrogen) atoms. The number of carbonyl (C=O) groups excluding carboxylic acids is 3. The van der Waals surface area contributed by atoms with Crippen LogP contribution in [0.5, 0.6) is 0 Å². The smallest absolute Gasteiger partial charge is 0.352 e. The number of piperazine rings is 1. The van der Waals surface area contributed by atoms with E-state index in [4.69, 9.17) is 5.73 Å². The summed E-state index contributed by atoms with van der Waals surface area (Å²) in [7, 11) is 0. The number of urea groups is 1. The maximum atomic E-state index is 15.0. The number of benzene rings is 1. The second-order valence-corrected chi connectivity index (χ2v) is 13.6. The van der Waals surface area contributed by atoms with E-state index >= 15 is 13.2 Å². The Labute approximate surface area is 258 Å². The van der Waals surface area contributed by atoms with Gasteiger partial charge in [0.2, 0.25) is 5.91 Å². The average molecular weight is 647 g/mol. The Hall–Kier alpha value is -3.85. The molecule has 2 fully saturated rings. The predicted octanol–water partition coefficient (Wildman–Crippen LogP) is 4.70. The van der Waals surface area contributed by atoms with Crippen LogP contribution in [-0.2, 0) is 22.3 Å². The lowest BCUT2D eigenvalue weighted by Crippen LogP contribution is -2.58. The lowest BCUT2D eigenvalue weighted by atomic mass is 9.69. The number of anilines is 2. The molecule has 2 atom stereocenters. The van der Waals surface area contributed by atoms with Gasteiger partial charge in [-0.2, -0.15) is 18.2 Å².